The van der Waals surface area contributed by atoms with Crippen molar-refractivity contribution >= 4 is 17.7 Å². The van der Waals surface area contributed by atoms with Crippen molar-refractivity contribution in [3.8, 4) is 0 Å². The van der Waals surface area contributed by atoms with Gasteiger partial charge in [-0.25, -0.2) is 4.39 Å². The van der Waals surface area contributed by atoms with Crippen LogP contribution in [0.1, 0.15) is 53.7 Å². The first-order valence-electron chi connectivity index (χ1n) is 11.1. The van der Waals surface area contributed by atoms with Gasteiger partial charge in [0.15, 0.2) is 0 Å². The average Bonchev–Trinajstić information content (AvgIpc) is 2.79. The zero-order valence-corrected chi connectivity index (χ0v) is 18.2. The summed E-state index contributed by atoms with van der Waals surface area (Å²) < 4.78 is 13.9. The molecule has 0 spiro atoms. The molecule has 0 aliphatic carbocycles. The first-order valence-corrected chi connectivity index (χ1v) is 11.1. The van der Waals surface area contributed by atoms with Crippen LogP contribution in [0.4, 0.5) is 4.39 Å². The Morgan fingerprint density at radius 1 is 1.00 bits per heavy atom. The van der Waals surface area contributed by atoms with Gasteiger partial charge in [-0.05, 0) is 42.5 Å². The lowest BCUT2D eigenvalue weighted by atomic mass is 9.90. The molecule has 1 unspecified atom stereocenters. The van der Waals surface area contributed by atoms with Crippen LogP contribution in [0, 0.1) is 5.82 Å². The second kappa shape index (κ2) is 9.51. The highest BCUT2D eigenvalue weighted by molar-refractivity contribution is 5.94. The van der Waals surface area contributed by atoms with Gasteiger partial charge in [-0.2, -0.15) is 0 Å². The standard InChI is InChI=1S/C25H28FN3O3/c1-17(30)29-15-10-18-6-2-3-7-20(18)23(29)16-24(31)27-19-11-13-28(14-12-19)25(32)21-8-4-5-9-22(21)26/h2-9,19,23H,10-16H2,1H3,(H,27,31). The third kappa shape index (κ3) is 4.66. The van der Waals surface area contributed by atoms with Gasteiger partial charge in [0, 0.05) is 32.6 Å². The lowest BCUT2D eigenvalue weighted by molar-refractivity contribution is -0.133. The Morgan fingerprint density at radius 2 is 1.69 bits per heavy atom. The van der Waals surface area contributed by atoms with Crippen molar-refractivity contribution in [2.75, 3.05) is 19.6 Å². The molecule has 32 heavy (non-hydrogen) atoms. The quantitative estimate of drug-likeness (QED) is 0.799. The van der Waals surface area contributed by atoms with Gasteiger partial charge in [-0.3, -0.25) is 14.4 Å². The summed E-state index contributed by atoms with van der Waals surface area (Å²) in [5.74, 6) is -0.964. The summed E-state index contributed by atoms with van der Waals surface area (Å²) in [6.07, 6.45) is 2.24. The van der Waals surface area contributed by atoms with Crippen molar-refractivity contribution in [1.29, 1.82) is 0 Å². The molecule has 2 aliphatic rings. The first kappa shape index (κ1) is 22.0. The van der Waals surface area contributed by atoms with E-state index in [4.69, 9.17) is 0 Å². The number of benzene rings is 2. The summed E-state index contributed by atoms with van der Waals surface area (Å²) in [5, 5.41) is 3.08. The molecule has 0 radical (unpaired) electrons. The number of fused-ring (bicyclic) bond motifs is 1. The lowest BCUT2D eigenvalue weighted by Gasteiger charge is -2.37. The monoisotopic (exact) mass is 437 g/mol. The molecule has 3 amide bonds. The Kier molecular flexibility index (Phi) is 6.53. The van der Waals surface area contributed by atoms with Crippen molar-refractivity contribution in [3.63, 3.8) is 0 Å². The first-order chi connectivity index (χ1) is 15.4. The molecule has 168 valence electrons. The molecule has 1 saturated heterocycles. The van der Waals surface area contributed by atoms with E-state index < -0.39 is 5.82 Å². The van der Waals surface area contributed by atoms with E-state index in [9.17, 15) is 18.8 Å². The van der Waals surface area contributed by atoms with Gasteiger partial charge in [0.1, 0.15) is 5.82 Å². The molecular weight excluding hydrogens is 409 g/mol. The molecule has 2 heterocycles. The maximum absolute atomic E-state index is 13.9. The fraction of sp³-hybridized carbons (Fsp3) is 0.400. The number of hydrogen-bond donors (Lipinski definition) is 1. The molecule has 1 fully saturated rings. The van der Waals surface area contributed by atoms with E-state index >= 15 is 0 Å². The summed E-state index contributed by atoms with van der Waals surface area (Å²) >= 11 is 0. The van der Waals surface area contributed by atoms with Gasteiger partial charge in [-0.15, -0.1) is 0 Å². The number of carbonyl (C=O) groups is 3. The molecule has 0 aromatic heterocycles. The van der Waals surface area contributed by atoms with Crippen LogP contribution >= 0.6 is 0 Å². The van der Waals surface area contributed by atoms with Crippen LogP contribution in [0.2, 0.25) is 0 Å². The zero-order valence-electron chi connectivity index (χ0n) is 18.2. The molecule has 2 aromatic carbocycles. The molecular formula is C25H28FN3O3. The van der Waals surface area contributed by atoms with Gasteiger partial charge >= 0.3 is 0 Å². The van der Waals surface area contributed by atoms with Crippen molar-refractivity contribution < 1.29 is 18.8 Å². The third-order valence-electron chi connectivity index (χ3n) is 6.45. The predicted molar refractivity (Wildman–Crippen MR) is 118 cm³/mol. The number of nitrogens with zero attached hydrogens (tertiary/aromatic N) is 2. The molecule has 6 nitrogen and oxygen atoms in total. The summed E-state index contributed by atoms with van der Waals surface area (Å²) in [6.45, 7) is 3.08. The van der Waals surface area contributed by atoms with Gasteiger partial charge in [0.2, 0.25) is 11.8 Å². The summed E-state index contributed by atoms with van der Waals surface area (Å²) in [6, 6.07) is 13.7. The number of carbonyl (C=O) groups excluding carboxylic acids is 3. The normalized spacial score (nSPS) is 18.8. The molecule has 2 aromatic rings. The minimum absolute atomic E-state index is 0.0303. The van der Waals surface area contributed by atoms with E-state index in [0.29, 0.717) is 32.5 Å². The van der Waals surface area contributed by atoms with Crippen molar-refractivity contribution in [3.05, 3.63) is 71.0 Å². The third-order valence-corrected chi connectivity index (χ3v) is 6.45. The fourth-order valence-corrected chi connectivity index (χ4v) is 4.74. The van der Waals surface area contributed by atoms with E-state index in [2.05, 4.69) is 11.4 Å². The minimum atomic E-state index is -0.518. The largest absolute Gasteiger partial charge is 0.353 e. The summed E-state index contributed by atoms with van der Waals surface area (Å²) in [5.41, 5.74) is 2.30. The highest BCUT2D eigenvalue weighted by atomic mass is 19.1. The van der Waals surface area contributed by atoms with Crippen molar-refractivity contribution in [2.45, 2.75) is 44.7 Å². The molecule has 2 aliphatic heterocycles. The van der Waals surface area contributed by atoms with Crippen LogP contribution in [0.25, 0.3) is 0 Å². The number of likely N-dealkylation sites (tertiary alicyclic amines) is 1. The molecule has 7 heteroatoms. The molecule has 0 bridgehead atoms. The van der Waals surface area contributed by atoms with Crippen LogP contribution in [0.5, 0.6) is 0 Å². The number of piperidine rings is 1. The Balaban J connectivity index is 1.35. The van der Waals surface area contributed by atoms with Gasteiger partial charge in [0.05, 0.1) is 18.0 Å². The fourth-order valence-electron chi connectivity index (χ4n) is 4.74. The molecule has 0 saturated carbocycles. The Bertz CT molecular complexity index is 1020. The number of amides is 3. The van der Waals surface area contributed by atoms with E-state index in [1.165, 1.54) is 17.7 Å². The van der Waals surface area contributed by atoms with E-state index in [0.717, 1.165) is 12.0 Å². The van der Waals surface area contributed by atoms with Gasteiger partial charge in [-0.1, -0.05) is 36.4 Å². The van der Waals surface area contributed by atoms with E-state index in [-0.39, 0.29) is 41.8 Å². The second-order valence-corrected chi connectivity index (χ2v) is 8.49. The predicted octanol–water partition coefficient (Wildman–Crippen LogP) is 3.08. The maximum atomic E-state index is 13.9. The minimum Gasteiger partial charge on any atom is -0.353 e. The van der Waals surface area contributed by atoms with Crippen LogP contribution in [0.3, 0.4) is 0 Å². The Labute approximate surface area is 187 Å². The molecule has 1 atom stereocenters. The van der Waals surface area contributed by atoms with Crippen LogP contribution in [-0.4, -0.2) is 53.2 Å². The van der Waals surface area contributed by atoms with Gasteiger partial charge in [0.25, 0.3) is 5.91 Å². The number of rotatable bonds is 4. The van der Waals surface area contributed by atoms with E-state index in [1.54, 1.807) is 28.9 Å². The summed E-state index contributed by atoms with van der Waals surface area (Å²) in [4.78, 5) is 41.0. The van der Waals surface area contributed by atoms with Crippen LogP contribution in [0.15, 0.2) is 48.5 Å². The Hall–Kier alpha value is -3.22. The number of hydrogen-bond acceptors (Lipinski definition) is 3. The van der Waals surface area contributed by atoms with Crippen LogP contribution < -0.4 is 5.32 Å². The number of nitrogens with one attached hydrogen (secondary N) is 1. The highest BCUT2D eigenvalue weighted by Gasteiger charge is 2.32. The smallest absolute Gasteiger partial charge is 0.256 e. The molecule has 4 rings (SSSR count). The topological polar surface area (TPSA) is 69.7 Å². The van der Waals surface area contributed by atoms with Crippen LogP contribution in [-0.2, 0) is 16.0 Å². The van der Waals surface area contributed by atoms with E-state index in [1.807, 2.05) is 18.2 Å². The highest BCUT2D eigenvalue weighted by Crippen LogP contribution is 2.32. The maximum Gasteiger partial charge on any atom is 0.256 e. The summed E-state index contributed by atoms with van der Waals surface area (Å²) in [7, 11) is 0. The van der Waals surface area contributed by atoms with Crippen molar-refractivity contribution in [1.82, 2.24) is 15.1 Å². The zero-order chi connectivity index (χ0) is 22.7. The average molecular weight is 438 g/mol. The molecule has 1 N–H and O–H groups in total. The Morgan fingerprint density at radius 3 is 2.41 bits per heavy atom. The number of halogens is 1. The lowest BCUT2D eigenvalue weighted by Crippen LogP contribution is -2.48. The SMILES string of the molecule is CC(=O)N1CCc2ccccc2C1CC(=O)NC1CCN(C(=O)c2ccccc2F)CC1. The second-order valence-electron chi connectivity index (χ2n) is 8.49. The van der Waals surface area contributed by atoms with Gasteiger partial charge < -0.3 is 15.1 Å². The van der Waals surface area contributed by atoms with Crippen molar-refractivity contribution in [2.24, 2.45) is 0 Å².